The van der Waals surface area contributed by atoms with E-state index in [1.165, 1.54) is 6.07 Å². The highest BCUT2D eigenvalue weighted by molar-refractivity contribution is 5.75. The normalized spacial score (nSPS) is 18.8. The van der Waals surface area contributed by atoms with Crippen LogP contribution in [-0.2, 0) is 4.79 Å². The van der Waals surface area contributed by atoms with Gasteiger partial charge in [0, 0.05) is 31.3 Å². The van der Waals surface area contributed by atoms with Gasteiger partial charge in [0.2, 0.25) is 0 Å². The maximum atomic E-state index is 13.8. The summed E-state index contributed by atoms with van der Waals surface area (Å²) in [5, 5.41) is 12.5. The molecule has 0 amide bonds. The van der Waals surface area contributed by atoms with E-state index in [4.69, 9.17) is 0 Å². The lowest BCUT2D eigenvalue weighted by molar-refractivity contribution is -0.143. The Labute approximate surface area is 110 Å². The molecule has 1 fully saturated rings. The van der Waals surface area contributed by atoms with E-state index in [0.29, 0.717) is 19.6 Å². The molecule has 0 aliphatic carbocycles. The molecule has 1 heterocycles. The minimum Gasteiger partial charge on any atom is -0.480 e. The van der Waals surface area contributed by atoms with E-state index >= 15 is 0 Å². The van der Waals surface area contributed by atoms with Crippen molar-refractivity contribution in [2.75, 3.05) is 26.2 Å². The lowest BCUT2D eigenvalue weighted by Crippen LogP contribution is -2.37. The van der Waals surface area contributed by atoms with Crippen LogP contribution in [0.5, 0.6) is 0 Å². The van der Waals surface area contributed by atoms with Crippen LogP contribution in [0.1, 0.15) is 18.0 Å². The van der Waals surface area contributed by atoms with E-state index in [1.807, 2.05) is 0 Å². The van der Waals surface area contributed by atoms with Crippen molar-refractivity contribution in [1.82, 2.24) is 10.2 Å². The number of carboxylic acids is 1. The van der Waals surface area contributed by atoms with Crippen molar-refractivity contribution in [2.24, 2.45) is 0 Å². The van der Waals surface area contributed by atoms with E-state index in [-0.39, 0.29) is 5.56 Å². The quantitative estimate of drug-likeness (QED) is 0.871. The third-order valence-corrected chi connectivity index (χ3v) is 3.23. The predicted octanol–water partition coefficient (Wildman–Crippen LogP) is 1.39. The molecular formula is C13H16F2N2O2. The summed E-state index contributed by atoms with van der Waals surface area (Å²) in [6.45, 7) is 2.57. The number of benzene rings is 1. The zero-order valence-corrected chi connectivity index (χ0v) is 10.4. The molecule has 0 spiro atoms. The van der Waals surface area contributed by atoms with Crippen LogP contribution in [0.15, 0.2) is 18.2 Å². The zero-order chi connectivity index (χ0) is 13.8. The number of hydrogen-bond donors (Lipinski definition) is 2. The maximum absolute atomic E-state index is 13.8. The van der Waals surface area contributed by atoms with Gasteiger partial charge in [0.05, 0.1) is 0 Å². The first-order valence-corrected chi connectivity index (χ1v) is 6.22. The summed E-state index contributed by atoms with van der Waals surface area (Å²) < 4.78 is 26.7. The summed E-state index contributed by atoms with van der Waals surface area (Å²) in [4.78, 5) is 13.1. The van der Waals surface area contributed by atoms with Crippen molar-refractivity contribution < 1.29 is 18.7 Å². The van der Waals surface area contributed by atoms with Gasteiger partial charge >= 0.3 is 5.97 Å². The Morgan fingerprint density at radius 2 is 2.11 bits per heavy atom. The first kappa shape index (κ1) is 13.9. The van der Waals surface area contributed by atoms with E-state index in [1.54, 1.807) is 4.90 Å². The molecule has 4 nitrogen and oxygen atoms in total. The molecule has 1 saturated heterocycles. The van der Waals surface area contributed by atoms with Gasteiger partial charge in [0.1, 0.15) is 17.7 Å². The van der Waals surface area contributed by atoms with Gasteiger partial charge in [0.15, 0.2) is 0 Å². The average molecular weight is 270 g/mol. The number of carboxylic acid groups (broad SMARTS) is 1. The Morgan fingerprint density at radius 1 is 1.32 bits per heavy atom. The first-order chi connectivity index (χ1) is 9.09. The summed E-state index contributed by atoms with van der Waals surface area (Å²) in [7, 11) is 0. The van der Waals surface area contributed by atoms with Gasteiger partial charge in [-0.15, -0.1) is 0 Å². The average Bonchev–Trinajstić information content (AvgIpc) is 2.61. The van der Waals surface area contributed by atoms with Crippen molar-refractivity contribution in [3.63, 3.8) is 0 Å². The highest BCUT2D eigenvalue weighted by Crippen LogP contribution is 2.25. The number of aliphatic carboxylic acids is 1. The molecule has 2 rings (SSSR count). The number of carbonyl (C=O) groups is 1. The van der Waals surface area contributed by atoms with E-state index in [9.17, 15) is 18.7 Å². The summed E-state index contributed by atoms with van der Waals surface area (Å²) in [6, 6.07) is 1.95. The van der Waals surface area contributed by atoms with E-state index in [0.717, 1.165) is 25.1 Å². The van der Waals surface area contributed by atoms with Gasteiger partial charge in [-0.05, 0) is 19.0 Å². The number of nitrogens with one attached hydrogen (secondary N) is 1. The number of rotatable bonds is 3. The fraction of sp³-hybridized carbons (Fsp3) is 0.462. The SMILES string of the molecule is O=C(O)C(c1ccc(F)cc1F)N1CCCNCC1. The standard InChI is InChI=1S/C13H16F2N2O2/c14-9-2-3-10(11(15)8-9)12(13(18)19)17-6-1-4-16-5-7-17/h2-3,8,12,16H,1,4-7H2,(H,18,19). The molecule has 0 aromatic heterocycles. The second-order valence-corrected chi connectivity index (χ2v) is 4.55. The molecule has 104 valence electrons. The third-order valence-electron chi connectivity index (χ3n) is 3.23. The van der Waals surface area contributed by atoms with Crippen LogP contribution in [0.4, 0.5) is 8.78 Å². The fourth-order valence-electron chi connectivity index (χ4n) is 2.33. The monoisotopic (exact) mass is 270 g/mol. The van der Waals surface area contributed by atoms with Gasteiger partial charge in [-0.2, -0.15) is 0 Å². The molecule has 1 atom stereocenters. The van der Waals surface area contributed by atoms with Gasteiger partial charge in [0.25, 0.3) is 0 Å². The summed E-state index contributed by atoms with van der Waals surface area (Å²) in [5.41, 5.74) is 0.0100. The van der Waals surface area contributed by atoms with Crippen LogP contribution >= 0.6 is 0 Å². The Bertz CT molecular complexity index is 460. The number of nitrogens with zero attached hydrogens (tertiary/aromatic N) is 1. The largest absolute Gasteiger partial charge is 0.480 e. The Hall–Kier alpha value is -1.53. The molecule has 1 unspecified atom stereocenters. The highest BCUT2D eigenvalue weighted by Gasteiger charge is 2.30. The zero-order valence-electron chi connectivity index (χ0n) is 10.4. The second-order valence-electron chi connectivity index (χ2n) is 4.55. The first-order valence-electron chi connectivity index (χ1n) is 6.22. The van der Waals surface area contributed by atoms with Crippen LogP contribution in [0.2, 0.25) is 0 Å². The minimum absolute atomic E-state index is 0.0100. The van der Waals surface area contributed by atoms with Crippen molar-refractivity contribution in [2.45, 2.75) is 12.5 Å². The maximum Gasteiger partial charge on any atom is 0.325 e. The molecular weight excluding hydrogens is 254 g/mol. The van der Waals surface area contributed by atoms with Gasteiger partial charge in [-0.25, -0.2) is 8.78 Å². The summed E-state index contributed by atoms with van der Waals surface area (Å²) in [5.74, 6) is -2.64. The van der Waals surface area contributed by atoms with E-state index < -0.39 is 23.6 Å². The molecule has 1 aromatic rings. The lowest BCUT2D eigenvalue weighted by Gasteiger charge is -2.27. The molecule has 1 aliphatic heterocycles. The smallest absolute Gasteiger partial charge is 0.325 e. The van der Waals surface area contributed by atoms with E-state index in [2.05, 4.69) is 5.32 Å². The van der Waals surface area contributed by atoms with Crippen molar-refractivity contribution in [3.05, 3.63) is 35.4 Å². The Morgan fingerprint density at radius 3 is 2.79 bits per heavy atom. The predicted molar refractivity (Wildman–Crippen MR) is 65.8 cm³/mol. The third kappa shape index (κ3) is 3.27. The summed E-state index contributed by atoms with van der Waals surface area (Å²) >= 11 is 0. The van der Waals surface area contributed by atoms with Crippen molar-refractivity contribution in [1.29, 1.82) is 0 Å². The topological polar surface area (TPSA) is 52.6 Å². The molecule has 0 bridgehead atoms. The summed E-state index contributed by atoms with van der Waals surface area (Å²) in [6.07, 6.45) is 0.798. The van der Waals surface area contributed by atoms with Crippen LogP contribution < -0.4 is 5.32 Å². The molecule has 6 heteroatoms. The van der Waals surface area contributed by atoms with Crippen LogP contribution in [0.25, 0.3) is 0 Å². The van der Waals surface area contributed by atoms with Crippen molar-refractivity contribution in [3.8, 4) is 0 Å². The van der Waals surface area contributed by atoms with Crippen LogP contribution in [0, 0.1) is 11.6 Å². The second kappa shape index (κ2) is 6.08. The fourth-order valence-corrected chi connectivity index (χ4v) is 2.33. The number of halogens is 2. The molecule has 2 N–H and O–H groups in total. The molecule has 19 heavy (non-hydrogen) atoms. The Balaban J connectivity index is 2.30. The molecule has 0 radical (unpaired) electrons. The van der Waals surface area contributed by atoms with Gasteiger partial charge in [-0.3, -0.25) is 9.69 Å². The van der Waals surface area contributed by atoms with Crippen molar-refractivity contribution >= 4 is 5.97 Å². The Kier molecular flexibility index (Phi) is 4.44. The van der Waals surface area contributed by atoms with Crippen LogP contribution in [-0.4, -0.2) is 42.2 Å². The molecule has 1 aliphatic rings. The van der Waals surface area contributed by atoms with Gasteiger partial charge in [-0.1, -0.05) is 6.07 Å². The highest BCUT2D eigenvalue weighted by atomic mass is 19.1. The van der Waals surface area contributed by atoms with Crippen LogP contribution in [0.3, 0.4) is 0 Å². The lowest BCUT2D eigenvalue weighted by atomic mass is 10.0. The number of hydrogen-bond acceptors (Lipinski definition) is 3. The minimum atomic E-state index is -1.12. The molecule has 0 saturated carbocycles. The van der Waals surface area contributed by atoms with Gasteiger partial charge < -0.3 is 10.4 Å². The molecule has 1 aromatic carbocycles.